The molecule has 6 heteroatoms. The van der Waals surface area contributed by atoms with Crippen LogP contribution in [0.4, 0.5) is 5.82 Å². The average Bonchev–Trinajstić information content (AvgIpc) is 2.48. The van der Waals surface area contributed by atoms with Gasteiger partial charge in [-0.25, -0.2) is 13.4 Å². The van der Waals surface area contributed by atoms with Crippen molar-refractivity contribution < 1.29 is 8.42 Å². The summed E-state index contributed by atoms with van der Waals surface area (Å²) in [5.74, 6) is 0.245. The van der Waals surface area contributed by atoms with E-state index in [-0.39, 0.29) is 10.7 Å². The van der Waals surface area contributed by atoms with Crippen LogP contribution in [0.2, 0.25) is 5.02 Å². The van der Waals surface area contributed by atoms with E-state index < -0.39 is 10.0 Å². The van der Waals surface area contributed by atoms with Crippen LogP contribution in [0.1, 0.15) is 25.3 Å². The van der Waals surface area contributed by atoms with Crippen molar-refractivity contribution in [1.29, 1.82) is 0 Å². The topological polar surface area (TPSA) is 59.1 Å². The van der Waals surface area contributed by atoms with E-state index in [1.165, 1.54) is 12.3 Å². The van der Waals surface area contributed by atoms with Crippen molar-refractivity contribution in [2.24, 2.45) is 0 Å². The lowest BCUT2D eigenvalue weighted by Crippen LogP contribution is -2.13. The third kappa shape index (κ3) is 4.44. The SMILES string of the molecule is CCCCc1ccc(S(=O)(=O)Nc2ccc(Cl)cn2)cc1. The van der Waals surface area contributed by atoms with Gasteiger partial charge in [-0.15, -0.1) is 0 Å². The fourth-order valence-electron chi connectivity index (χ4n) is 1.85. The molecule has 0 unspecified atom stereocenters. The molecule has 0 radical (unpaired) electrons. The van der Waals surface area contributed by atoms with Gasteiger partial charge >= 0.3 is 0 Å². The predicted molar refractivity (Wildman–Crippen MR) is 85.1 cm³/mol. The largest absolute Gasteiger partial charge is 0.263 e. The number of hydrogen-bond donors (Lipinski definition) is 1. The number of halogens is 1. The normalized spacial score (nSPS) is 11.3. The first-order valence-corrected chi connectivity index (χ1v) is 8.60. The minimum Gasteiger partial charge on any atom is -0.263 e. The van der Waals surface area contributed by atoms with E-state index in [1.54, 1.807) is 18.2 Å². The fourth-order valence-corrected chi connectivity index (χ4v) is 2.97. The van der Waals surface area contributed by atoms with E-state index in [2.05, 4.69) is 16.6 Å². The number of sulfonamides is 1. The van der Waals surface area contributed by atoms with Gasteiger partial charge in [0.15, 0.2) is 0 Å². The molecule has 1 heterocycles. The molecular formula is C15H17ClN2O2S. The van der Waals surface area contributed by atoms with Crippen molar-refractivity contribution in [1.82, 2.24) is 4.98 Å². The second-order valence-corrected chi connectivity index (χ2v) is 6.83. The molecule has 0 saturated carbocycles. The van der Waals surface area contributed by atoms with Crippen molar-refractivity contribution in [3.63, 3.8) is 0 Å². The Bertz CT molecular complexity index is 683. The maximum atomic E-state index is 12.2. The van der Waals surface area contributed by atoms with Gasteiger partial charge in [-0.3, -0.25) is 4.72 Å². The van der Waals surface area contributed by atoms with Crippen molar-refractivity contribution in [3.05, 3.63) is 53.2 Å². The molecule has 4 nitrogen and oxygen atoms in total. The molecular weight excluding hydrogens is 308 g/mol. The number of pyridine rings is 1. The summed E-state index contributed by atoms with van der Waals surface area (Å²) in [6.07, 6.45) is 4.57. The van der Waals surface area contributed by atoms with Crippen LogP contribution in [-0.4, -0.2) is 13.4 Å². The van der Waals surface area contributed by atoms with Gasteiger partial charge < -0.3 is 0 Å². The monoisotopic (exact) mass is 324 g/mol. The van der Waals surface area contributed by atoms with E-state index in [0.717, 1.165) is 24.8 Å². The number of nitrogens with zero attached hydrogens (tertiary/aromatic N) is 1. The molecule has 0 amide bonds. The first-order valence-electron chi connectivity index (χ1n) is 6.74. The van der Waals surface area contributed by atoms with Gasteiger partial charge in [0.25, 0.3) is 10.0 Å². The molecule has 0 bridgehead atoms. The van der Waals surface area contributed by atoms with Crippen LogP contribution in [0, 0.1) is 0 Å². The summed E-state index contributed by atoms with van der Waals surface area (Å²) in [6.45, 7) is 2.13. The molecule has 1 aromatic heterocycles. The van der Waals surface area contributed by atoms with Crippen molar-refractivity contribution >= 4 is 27.4 Å². The molecule has 0 spiro atoms. The summed E-state index contributed by atoms with van der Waals surface area (Å²) in [6, 6.07) is 10.0. The van der Waals surface area contributed by atoms with Crippen LogP contribution in [0.15, 0.2) is 47.5 Å². The van der Waals surface area contributed by atoms with E-state index in [1.807, 2.05) is 12.1 Å². The smallest absolute Gasteiger partial charge is 0.263 e. The van der Waals surface area contributed by atoms with Gasteiger partial charge in [0.1, 0.15) is 5.82 Å². The Morgan fingerprint density at radius 3 is 2.43 bits per heavy atom. The molecule has 0 aliphatic carbocycles. The van der Waals surface area contributed by atoms with Gasteiger partial charge in [-0.1, -0.05) is 37.1 Å². The van der Waals surface area contributed by atoms with Crippen molar-refractivity contribution in [2.45, 2.75) is 31.1 Å². The van der Waals surface area contributed by atoms with E-state index in [4.69, 9.17) is 11.6 Å². The zero-order valence-electron chi connectivity index (χ0n) is 11.7. The van der Waals surface area contributed by atoms with Crippen LogP contribution < -0.4 is 4.72 Å². The van der Waals surface area contributed by atoms with Crippen molar-refractivity contribution in [2.75, 3.05) is 4.72 Å². The molecule has 21 heavy (non-hydrogen) atoms. The Balaban J connectivity index is 2.13. The maximum absolute atomic E-state index is 12.2. The summed E-state index contributed by atoms with van der Waals surface area (Å²) in [4.78, 5) is 4.15. The third-order valence-electron chi connectivity index (χ3n) is 3.02. The van der Waals surface area contributed by atoms with Gasteiger partial charge in [-0.2, -0.15) is 0 Å². The van der Waals surface area contributed by atoms with Gasteiger partial charge in [0.2, 0.25) is 0 Å². The highest BCUT2D eigenvalue weighted by molar-refractivity contribution is 7.92. The first kappa shape index (κ1) is 15.8. The predicted octanol–water partition coefficient (Wildman–Crippen LogP) is 3.88. The van der Waals surface area contributed by atoms with Crippen LogP contribution in [-0.2, 0) is 16.4 Å². The highest BCUT2D eigenvalue weighted by Crippen LogP contribution is 2.17. The summed E-state index contributed by atoms with van der Waals surface area (Å²) in [7, 11) is -3.62. The second-order valence-electron chi connectivity index (χ2n) is 4.71. The Hall–Kier alpha value is -1.59. The maximum Gasteiger partial charge on any atom is 0.263 e. The Morgan fingerprint density at radius 1 is 1.14 bits per heavy atom. The minimum absolute atomic E-state index is 0.222. The zero-order chi connectivity index (χ0) is 15.3. The van der Waals surface area contributed by atoms with Crippen LogP contribution >= 0.6 is 11.6 Å². The average molecular weight is 325 g/mol. The molecule has 0 fully saturated rings. The number of unbranched alkanes of at least 4 members (excludes halogenated alkanes) is 1. The number of nitrogens with one attached hydrogen (secondary N) is 1. The molecule has 0 saturated heterocycles. The summed E-state index contributed by atoms with van der Waals surface area (Å²) < 4.78 is 26.9. The fraction of sp³-hybridized carbons (Fsp3) is 0.267. The van der Waals surface area contributed by atoms with Crippen LogP contribution in [0.25, 0.3) is 0 Å². The van der Waals surface area contributed by atoms with Crippen LogP contribution in [0.5, 0.6) is 0 Å². The number of aryl methyl sites for hydroxylation is 1. The van der Waals surface area contributed by atoms with Crippen molar-refractivity contribution in [3.8, 4) is 0 Å². The van der Waals surface area contributed by atoms with Crippen LogP contribution in [0.3, 0.4) is 0 Å². The Labute approximate surface area is 130 Å². The molecule has 2 rings (SSSR count). The Kier molecular flexibility index (Phi) is 5.20. The molecule has 0 aliphatic heterocycles. The number of benzene rings is 1. The number of rotatable bonds is 6. The lowest BCUT2D eigenvalue weighted by molar-refractivity contribution is 0.601. The molecule has 0 aliphatic rings. The highest BCUT2D eigenvalue weighted by atomic mass is 35.5. The molecule has 0 atom stereocenters. The highest BCUT2D eigenvalue weighted by Gasteiger charge is 2.14. The number of anilines is 1. The van der Waals surface area contributed by atoms with Gasteiger partial charge in [-0.05, 0) is 42.7 Å². The summed E-state index contributed by atoms with van der Waals surface area (Å²) in [5.41, 5.74) is 1.14. The Morgan fingerprint density at radius 2 is 1.86 bits per heavy atom. The van der Waals surface area contributed by atoms with E-state index >= 15 is 0 Å². The second kappa shape index (κ2) is 6.91. The third-order valence-corrected chi connectivity index (χ3v) is 4.61. The minimum atomic E-state index is -3.62. The molecule has 1 aromatic carbocycles. The van der Waals surface area contributed by atoms with Gasteiger partial charge in [0, 0.05) is 6.20 Å². The van der Waals surface area contributed by atoms with Gasteiger partial charge in [0.05, 0.1) is 9.92 Å². The zero-order valence-corrected chi connectivity index (χ0v) is 13.3. The summed E-state index contributed by atoms with van der Waals surface area (Å²) in [5, 5.41) is 0.457. The standard InChI is InChI=1S/C15H17ClN2O2S/c1-2-3-4-12-5-8-14(9-6-12)21(19,20)18-15-10-7-13(16)11-17-15/h5-11H,2-4H2,1H3,(H,17,18). The first-order chi connectivity index (χ1) is 10.0. The molecule has 112 valence electrons. The molecule has 2 aromatic rings. The lowest BCUT2D eigenvalue weighted by Gasteiger charge is -2.08. The van der Waals surface area contributed by atoms with E-state index in [9.17, 15) is 8.42 Å². The number of hydrogen-bond acceptors (Lipinski definition) is 3. The quantitative estimate of drug-likeness (QED) is 0.877. The summed E-state index contributed by atoms with van der Waals surface area (Å²) >= 11 is 5.72. The number of aromatic nitrogens is 1. The van der Waals surface area contributed by atoms with E-state index in [0.29, 0.717) is 5.02 Å². The lowest BCUT2D eigenvalue weighted by atomic mass is 10.1. The molecule has 1 N–H and O–H groups in total.